The lowest BCUT2D eigenvalue weighted by Gasteiger charge is -2.14. The molecule has 1 saturated heterocycles. The highest BCUT2D eigenvalue weighted by atomic mass is 16.3. The monoisotopic (exact) mass is 234 g/mol. The number of carbonyl (C=O) groups excluding carboxylic acids is 1. The highest BCUT2D eigenvalue weighted by Crippen LogP contribution is 2.10. The fourth-order valence-corrected chi connectivity index (χ4v) is 2.02. The van der Waals surface area contributed by atoms with E-state index >= 15 is 0 Å². The maximum absolute atomic E-state index is 11.7. The molecule has 1 fully saturated rings. The summed E-state index contributed by atoms with van der Waals surface area (Å²) in [5, 5.41) is 12.2. The van der Waals surface area contributed by atoms with E-state index < -0.39 is 0 Å². The van der Waals surface area contributed by atoms with E-state index in [9.17, 15) is 9.90 Å². The molecule has 1 aromatic carbocycles. The lowest BCUT2D eigenvalue weighted by molar-refractivity contribution is -0.116. The van der Waals surface area contributed by atoms with Crippen LogP contribution in [0.3, 0.4) is 0 Å². The summed E-state index contributed by atoms with van der Waals surface area (Å²) in [5.74, 6) is 0.0255. The number of β-amino-alcohol motifs (C(OH)–C–C–N with tert-alkyl or cyclic N) is 1. The number of carbonyl (C=O) groups is 1. The molecule has 1 aliphatic heterocycles. The third kappa shape index (κ3) is 3.84. The number of hydrogen-bond acceptors (Lipinski definition) is 3. The van der Waals surface area contributed by atoms with Crippen LogP contribution >= 0.6 is 0 Å². The van der Waals surface area contributed by atoms with Crippen molar-refractivity contribution in [3.63, 3.8) is 0 Å². The van der Waals surface area contributed by atoms with E-state index in [2.05, 4.69) is 10.2 Å². The molecule has 1 aromatic rings. The van der Waals surface area contributed by atoms with Crippen molar-refractivity contribution < 1.29 is 9.90 Å². The van der Waals surface area contributed by atoms with Crippen LogP contribution in [-0.4, -0.2) is 41.7 Å². The highest BCUT2D eigenvalue weighted by molar-refractivity contribution is 5.90. The quantitative estimate of drug-likeness (QED) is 0.819. The van der Waals surface area contributed by atoms with E-state index in [0.717, 1.165) is 25.2 Å². The van der Waals surface area contributed by atoms with Gasteiger partial charge in [-0.25, -0.2) is 0 Å². The number of para-hydroxylation sites is 1. The first-order chi connectivity index (χ1) is 8.24. The van der Waals surface area contributed by atoms with Gasteiger partial charge in [0, 0.05) is 31.7 Å². The van der Waals surface area contributed by atoms with Crippen molar-refractivity contribution in [3.05, 3.63) is 30.3 Å². The van der Waals surface area contributed by atoms with Crippen LogP contribution < -0.4 is 5.32 Å². The SMILES string of the molecule is O=C(CCN1CCC(O)C1)Nc1ccccc1. The third-order valence-electron chi connectivity index (χ3n) is 2.96. The number of nitrogens with one attached hydrogen (secondary N) is 1. The van der Waals surface area contributed by atoms with Gasteiger partial charge < -0.3 is 15.3 Å². The Morgan fingerprint density at radius 3 is 2.82 bits per heavy atom. The maximum Gasteiger partial charge on any atom is 0.225 e. The smallest absolute Gasteiger partial charge is 0.225 e. The predicted octanol–water partition coefficient (Wildman–Crippen LogP) is 1.08. The van der Waals surface area contributed by atoms with Gasteiger partial charge in [-0.2, -0.15) is 0 Å². The number of rotatable bonds is 4. The second kappa shape index (κ2) is 5.80. The second-order valence-electron chi connectivity index (χ2n) is 4.41. The van der Waals surface area contributed by atoms with Crippen molar-refractivity contribution in [3.8, 4) is 0 Å². The molecule has 2 rings (SSSR count). The normalized spacial score (nSPS) is 20.4. The highest BCUT2D eigenvalue weighted by Gasteiger charge is 2.20. The average molecular weight is 234 g/mol. The predicted molar refractivity (Wildman–Crippen MR) is 66.8 cm³/mol. The van der Waals surface area contributed by atoms with Gasteiger partial charge in [0.1, 0.15) is 0 Å². The average Bonchev–Trinajstić information content (AvgIpc) is 2.74. The van der Waals surface area contributed by atoms with Crippen LogP contribution in [0.1, 0.15) is 12.8 Å². The summed E-state index contributed by atoms with van der Waals surface area (Å²) in [5.41, 5.74) is 0.832. The molecule has 0 saturated carbocycles. The van der Waals surface area contributed by atoms with Crippen molar-refractivity contribution in [2.24, 2.45) is 0 Å². The van der Waals surface area contributed by atoms with Gasteiger partial charge >= 0.3 is 0 Å². The number of hydrogen-bond donors (Lipinski definition) is 2. The van der Waals surface area contributed by atoms with E-state index in [1.807, 2.05) is 30.3 Å². The summed E-state index contributed by atoms with van der Waals surface area (Å²) in [4.78, 5) is 13.8. The van der Waals surface area contributed by atoms with Gasteiger partial charge in [-0.1, -0.05) is 18.2 Å². The molecule has 2 N–H and O–H groups in total. The largest absolute Gasteiger partial charge is 0.392 e. The molecule has 4 heteroatoms. The van der Waals surface area contributed by atoms with Crippen LogP contribution in [0.5, 0.6) is 0 Å². The number of likely N-dealkylation sites (tertiary alicyclic amines) is 1. The van der Waals surface area contributed by atoms with Crippen LogP contribution in [0, 0.1) is 0 Å². The zero-order valence-corrected chi connectivity index (χ0v) is 9.80. The molecule has 92 valence electrons. The number of anilines is 1. The molecule has 0 aromatic heterocycles. The summed E-state index contributed by atoms with van der Waals surface area (Å²) in [6.07, 6.45) is 1.08. The van der Waals surface area contributed by atoms with Gasteiger partial charge in [0.25, 0.3) is 0 Å². The zero-order valence-electron chi connectivity index (χ0n) is 9.80. The Hall–Kier alpha value is -1.39. The minimum atomic E-state index is -0.216. The molecule has 0 aliphatic carbocycles. The van der Waals surface area contributed by atoms with Gasteiger partial charge in [0.05, 0.1) is 6.10 Å². The fraction of sp³-hybridized carbons (Fsp3) is 0.462. The summed E-state index contributed by atoms with van der Waals surface area (Å²) in [6.45, 7) is 2.30. The molecule has 0 spiro atoms. The molecule has 0 bridgehead atoms. The second-order valence-corrected chi connectivity index (χ2v) is 4.41. The van der Waals surface area contributed by atoms with E-state index in [4.69, 9.17) is 0 Å². The van der Waals surface area contributed by atoms with Crippen molar-refractivity contribution in [1.82, 2.24) is 4.90 Å². The first-order valence-electron chi connectivity index (χ1n) is 5.99. The third-order valence-corrected chi connectivity index (χ3v) is 2.96. The van der Waals surface area contributed by atoms with E-state index in [-0.39, 0.29) is 12.0 Å². The minimum absolute atomic E-state index is 0.0255. The number of aliphatic hydroxyl groups excluding tert-OH is 1. The lowest BCUT2D eigenvalue weighted by Crippen LogP contribution is -2.26. The minimum Gasteiger partial charge on any atom is -0.392 e. The van der Waals surface area contributed by atoms with Crippen LogP contribution in [0.2, 0.25) is 0 Å². The number of amides is 1. The van der Waals surface area contributed by atoms with Crippen molar-refractivity contribution in [2.45, 2.75) is 18.9 Å². The van der Waals surface area contributed by atoms with Crippen LogP contribution in [-0.2, 0) is 4.79 Å². The molecule has 1 aliphatic rings. The molecular weight excluding hydrogens is 216 g/mol. The Kier molecular flexibility index (Phi) is 4.12. The summed E-state index contributed by atoms with van der Waals surface area (Å²) >= 11 is 0. The van der Waals surface area contributed by atoms with Crippen molar-refractivity contribution in [2.75, 3.05) is 25.0 Å². The van der Waals surface area contributed by atoms with Gasteiger partial charge in [-0.15, -0.1) is 0 Å². The Morgan fingerprint density at radius 2 is 2.18 bits per heavy atom. The lowest BCUT2D eigenvalue weighted by atomic mass is 10.3. The standard InChI is InChI=1S/C13H18N2O2/c16-12-6-8-15(10-12)9-7-13(17)14-11-4-2-1-3-5-11/h1-5,12,16H,6-10H2,(H,14,17). The number of aliphatic hydroxyl groups is 1. The Labute approximate surface area is 101 Å². The Morgan fingerprint density at radius 1 is 1.41 bits per heavy atom. The van der Waals surface area contributed by atoms with Gasteiger partial charge in [-0.05, 0) is 18.6 Å². The van der Waals surface area contributed by atoms with Crippen molar-refractivity contribution in [1.29, 1.82) is 0 Å². The van der Waals surface area contributed by atoms with Gasteiger partial charge in [-0.3, -0.25) is 4.79 Å². The summed E-state index contributed by atoms with van der Waals surface area (Å²) in [6, 6.07) is 9.45. The summed E-state index contributed by atoms with van der Waals surface area (Å²) in [7, 11) is 0. The Balaban J connectivity index is 1.71. The molecule has 4 nitrogen and oxygen atoms in total. The summed E-state index contributed by atoms with van der Waals surface area (Å²) < 4.78 is 0. The first kappa shape index (κ1) is 12.1. The molecule has 17 heavy (non-hydrogen) atoms. The zero-order chi connectivity index (χ0) is 12.1. The van der Waals surface area contributed by atoms with Gasteiger partial charge in [0.2, 0.25) is 5.91 Å². The molecule has 1 unspecified atom stereocenters. The Bertz CT molecular complexity index is 367. The molecule has 1 atom stereocenters. The molecule has 0 radical (unpaired) electrons. The number of benzene rings is 1. The van der Waals surface area contributed by atoms with E-state index in [0.29, 0.717) is 13.0 Å². The molecular formula is C13H18N2O2. The van der Waals surface area contributed by atoms with Crippen LogP contribution in [0.15, 0.2) is 30.3 Å². The van der Waals surface area contributed by atoms with E-state index in [1.54, 1.807) is 0 Å². The maximum atomic E-state index is 11.7. The first-order valence-corrected chi connectivity index (χ1v) is 5.99. The fourth-order valence-electron chi connectivity index (χ4n) is 2.02. The van der Waals surface area contributed by atoms with E-state index in [1.165, 1.54) is 0 Å². The number of nitrogens with zero attached hydrogens (tertiary/aromatic N) is 1. The van der Waals surface area contributed by atoms with Crippen LogP contribution in [0.4, 0.5) is 5.69 Å². The molecule has 1 heterocycles. The van der Waals surface area contributed by atoms with Crippen molar-refractivity contribution >= 4 is 11.6 Å². The topological polar surface area (TPSA) is 52.6 Å². The van der Waals surface area contributed by atoms with Gasteiger partial charge in [0.15, 0.2) is 0 Å². The molecule has 1 amide bonds. The van der Waals surface area contributed by atoms with Crippen LogP contribution in [0.25, 0.3) is 0 Å².